The van der Waals surface area contributed by atoms with Crippen LogP contribution in [0.4, 0.5) is 5.82 Å². The van der Waals surface area contributed by atoms with E-state index in [1.807, 2.05) is 4.98 Å². The van der Waals surface area contributed by atoms with Crippen molar-refractivity contribution in [2.75, 3.05) is 5.32 Å². The summed E-state index contributed by atoms with van der Waals surface area (Å²) in [6.45, 7) is 0. The fraction of sp³-hybridized carbons (Fsp3) is 0.250. The highest BCUT2D eigenvalue weighted by atomic mass is 16.4. The molecule has 86 valence electrons. The number of rotatable bonds is 4. The third-order valence-corrected chi connectivity index (χ3v) is 1.60. The first-order chi connectivity index (χ1) is 7.47. The van der Waals surface area contributed by atoms with Crippen molar-refractivity contribution < 1.29 is 14.7 Å². The zero-order chi connectivity index (χ0) is 12.1. The second-order valence-electron chi connectivity index (χ2n) is 2.94. The van der Waals surface area contributed by atoms with E-state index in [9.17, 15) is 19.2 Å². The lowest BCUT2D eigenvalue weighted by atomic mass is 10.3. The predicted octanol–water partition coefficient (Wildman–Crippen LogP) is -1.13. The third-order valence-electron chi connectivity index (χ3n) is 1.60. The maximum atomic E-state index is 11.1. The summed E-state index contributed by atoms with van der Waals surface area (Å²) < 4.78 is 0. The van der Waals surface area contributed by atoms with Gasteiger partial charge >= 0.3 is 11.7 Å². The van der Waals surface area contributed by atoms with E-state index in [0.29, 0.717) is 0 Å². The second-order valence-corrected chi connectivity index (χ2v) is 2.94. The van der Waals surface area contributed by atoms with Crippen LogP contribution in [0.2, 0.25) is 0 Å². The quantitative estimate of drug-likeness (QED) is 0.516. The fourth-order valence-corrected chi connectivity index (χ4v) is 0.969. The lowest BCUT2D eigenvalue weighted by Gasteiger charge is -2.02. The summed E-state index contributed by atoms with van der Waals surface area (Å²) in [5.74, 6) is -1.76. The molecule has 0 aliphatic rings. The molecule has 0 bridgehead atoms. The molecule has 1 amide bonds. The van der Waals surface area contributed by atoms with Crippen LogP contribution in [-0.2, 0) is 9.59 Å². The Morgan fingerprint density at radius 2 is 1.94 bits per heavy atom. The molecule has 8 heteroatoms. The highest BCUT2D eigenvalue weighted by molar-refractivity contribution is 5.91. The van der Waals surface area contributed by atoms with Crippen LogP contribution in [0.25, 0.3) is 0 Å². The van der Waals surface area contributed by atoms with Crippen LogP contribution in [0.3, 0.4) is 0 Å². The number of amides is 1. The van der Waals surface area contributed by atoms with Gasteiger partial charge in [0, 0.05) is 12.5 Å². The molecular weight excluding hydrogens is 218 g/mol. The zero-order valence-electron chi connectivity index (χ0n) is 8.07. The van der Waals surface area contributed by atoms with Crippen molar-refractivity contribution in [3.05, 3.63) is 26.9 Å². The van der Waals surface area contributed by atoms with Gasteiger partial charge in [-0.1, -0.05) is 0 Å². The van der Waals surface area contributed by atoms with Gasteiger partial charge in [-0.3, -0.25) is 24.4 Å². The number of aliphatic carboxylic acids is 1. The van der Waals surface area contributed by atoms with Gasteiger partial charge in [-0.15, -0.1) is 0 Å². The number of hydrogen-bond donors (Lipinski definition) is 4. The molecule has 4 N–H and O–H groups in total. The van der Waals surface area contributed by atoms with Gasteiger partial charge in [0.2, 0.25) is 5.91 Å². The molecule has 1 heterocycles. The summed E-state index contributed by atoms with van der Waals surface area (Å²) in [7, 11) is 0. The van der Waals surface area contributed by atoms with Gasteiger partial charge < -0.3 is 10.4 Å². The number of carbonyl (C=O) groups excluding carboxylic acids is 1. The lowest BCUT2D eigenvalue weighted by molar-refractivity contribution is -0.138. The van der Waals surface area contributed by atoms with Crippen LogP contribution in [0.5, 0.6) is 0 Å². The number of carbonyl (C=O) groups is 2. The van der Waals surface area contributed by atoms with Crippen molar-refractivity contribution in [3.63, 3.8) is 0 Å². The van der Waals surface area contributed by atoms with Gasteiger partial charge in [0.1, 0.15) is 5.82 Å². The first-order valence-electron chi connectivity index (χ1n) is 4.32. The van der Waals surface area contributed by atoms with Gasteiger partial charge in [0.25, 0.3) is 5.56 Å². The van der Waals surface area contributed by atoms with Crippen molar-refractivity contribution in [1.29, 1.82) is 0 Å². The normalized spacial score (nSPS) is 9.75. The van der Waals surface area contributed by atoms with Crippen molar-refractivity contribution >= 4 is 17.7 Å². The Kier molecular flexibility index (Phi) is 3.59. The maximum Gasteiger partial charge on any atom is 0.327 e. The Hall–Kier alpha value is -2.38. The van der Waals surface area contributed by atoms with E-state index in [0.717, 1.165) is 6.07 Å². The molecule has 0 unspecified atom stereocenters. The number of anilines is 1. The van der Waals surface area contributed by atoms with E-state index in [1.54, 1.807) is 0 Å². The smallest absolute Gasteiger partial charge is 0.327 e. The fourth-order valence-electron chi connectivity index (χ4n) is 0.969. The molecule has 0 radical (unpaired) electrons. The van der Waals surface area contributed by atoms with Crippen molar-refractivity contribution in [2.45, 2.75) is 12.8 Å². The standard InChI is InChI=1S/C8H9N3O5/c12-5(1-2-7(14)15)9-4-3-6(13)11-8(16)10-4/h3H,1-2H2,(H,14,15)(H3,9,10,11,12,13,16). The lowest BCUT2D eigenvalue weighted by Crippen LogP contribution is -2.24. The molecule has 8 nitrogen and oxygen atoms in total. The topological polar surface area (TPSA) is 132 Å². The Balaban J connectivity index is 2.66. The Morgan fingerprint density at radius 1 is 1.25 bits per heavy atom. The number of carboxylic acids is 1. The first-order valence-corrected chi connectivity index (χ1v) is 4.32. The monoisotopic (exact) mass is 227 g/mol. The van der Waals surface area contributed by atoms with Gasteiger partial charge in [-0.05, 0) is 0 Å². The molecule has 16 heavy (non-hydrogen) atoms. The summed E-state index contributed by atoms with van der Waals surface area (Å²) in [5, 5.41) is 10.5. The molecule has 0 saturated heterocycles. The Bertz CT molecular complexity index is 487. The molecule has 0 aliphatic carbocycles. The molecule has 1 rings (SSSR count). The van der Waals surface area contributed by atoms with Crippen LogP contribution in [0.15, 0.2) is 15.7 Å². The molecule has 0 aromatic carbocycles. The number of aromatic nitrogens is 2. The average Bonchev–Trinajstić information content (AvgIpc) is 2.12. The summed E-state index contributed by atoms with van der Waals surface area (Å²) >= 11 is 0. The zero-order valence-corrected chi connectivity index (χ0v) is 8.07. The van der Waals surface area contributed by atoms with Crippen molar-refractivity contribution in [2.24, 2.45) is 0 Å². The Morgan fingerprint density at radius 3 is 2.50 bits per heavy atom. The minimum Gasteiger partial charge on any atom is -0.481 e. The number of aromatic amines is 2. The van der Waals surface area contributed by atoms with Crippen LogP contribution >= 0.6 is 0 Å². The number of H-pyrrole nitrogens is 2. The average molecular weight is 227 g/mol. The largest absolute Gasteiger partial charge is 0.481 e. The minimum absolute atomic E-state index is 0.0656. The van der Waals surface area contributed by atoms with Crippen molar-refractivity contribution in [3.8, 4) is 0 Å². The highest BCUT2D eigenvalue weighted by Gasteiger charge is 2.06. The van der Waals surface area contributed by atoms with E-state index in [-0.39, 0.29) is 18.7 Å². The van der Waals surface area contributed by atoms with E-state index in [4.69, 9.17) is 5.11 Å². The van der Waals surface area contributed by atoms with Gasteiger partial charge in [-0.2, -0.15) is 0 Å². The number of hydrogen-bond acceptors (Lipinski definition) is 4. The predicted molar refractivity (Wildman–Crippen MR) is 53.2 cm³/mol. The third kappa shape index (κ3) is 3.78. The van der Waals surface area contributed by atoms with Crippen molar-refractivity contribution in [1.82, 2.24) is 9.97 Å². The Labute approximate surface area is 88.3 Å². The second kappa shape index (κ2) is 4.91. The minimum atomic E-state index is -1.10. The van der Waals surface area contributed by atoms with E-state index in [1.165, 1.54) is 0 Å². The van der Waals surface area contributed by atoms with E-state index in [2.05, 4.69) is 10.3 Å². The molecule has 0 aliphatic heterocycles. The van der Waals surface area contributed by atoms with Crippen LogP contribution < -0.4 is 16.6 Å². The molecule has 0 atom stereocenters. The SMILES string of the molecule is O=C(O)CCC(=O)Nc1cc(=O)[nH]c(=O)[nH]1. The van der Waals surface area contributed by atoms with Gasteiger partial charge in [0.05, 0.1) is 6.42 Å². The summed E-state index contributed by atoms with van der Waals surface area (Å²) in [4.78, 5) is 47.0. The summed E-state index contributed by atoms with van der Waals surface area (Å²) in [5.41, 5.74) is -1.40. The molecule has 1 aromatic heterocycles. The van der Waals surface area contributed by atoms with Gasteiger partial charge in [0.15, 0.2) is 0 Å². The molecule has 1 aromatic rings. The first kappa shape index (κ1) is 11.7. The van der Waals surface area contributed by atoms with Crippen LogP contribution in [-0.4, -0.2) is 27.0 Å². The molecule has 0 fully saturated rings. The van der Waals surface area contributed by atoms with Gasteiger partial charge in [-0.25, -0.2) is 4.79 Å². The summed E-state index contributed by atoms with van der Waals surface area (Å²) in [6.07, 6.45) is -0.552. The number of nitrogens with one attached hydrogen (secondary N) is 3. The molecule has 0 saturated carbocycles. The van der Waals surface area contributed by atoms with Crippen LogP contribution in [0, 0.1) is 0 Å². The summed E-state index contributed by atoms with van der Waals surface area (Å²) in [6, 6.07) is 0.986. The molecular formula is C8H9N3O5. The number of carboxylic acid groups (broad SMARTS) is 1. The molecule has 0 spiro atoms. The highest BCUT2D eigenvalue weighted by Crippen LogP contribution is 1.97. The maximum absolute atomic E-state index is 11.1. The van der Waals surface area contributed by atoms with E-state index >= 15 is 0 Å². The van der Waals surface area contributed by atoms with E-state index < -0.39 is 23.1 Å². The van der Waals surface area contributed by atoms with Crippen LogP contribution in [0.1, 0.15) is 12.8 Å².